The van der Waals surface area contributed by atoms with Crippen molar-refractivity contribution in [2.45, 2.75) is 13.1 Å². The second kappa shape index (κ2) is 4.69. The lowest BCUT2D eigenvalue weighted by Gasteiger charge is -2.03. The van der Waals surface area contributed by atoms with Crippen LogP contribution in [0.4, 0.5) is 0 Å². The molecule has 0 unspecified atom stereocenters. The number of rotatable bonds is 4. The molecule has 4 heteroatoms. The van der Waals surface area contributed by atoms with Crippen LogP contribution >= 0.6 is 11.3 Å². The Bertz CT molecular complexity index is 598. The van der Waals surface area contributed by atoms with Gasteiger partial charge in [-0.1, -0.05) is 12.1 Å². The number of H-pyrrole nitrogens is 1. The lowest BCUT2D eigenvalue weighted by Crippen LogP contribution is -2.11. The Balaban J connectivity index is 1.64. The first-order valence-electron chi connectivity index (χ1n) is 5.56. The monoisotopic (exact) mass is 243 g/mol. The van der Waals surface area contributed by atoms with Crippen molar-refractivity contribution < 1.29 is 0 Å². The van der Waals surface area contributed by atoms with Gasteiger partial charge in [-0.05, 0) is 23.1 Å². The van der Waals surface area contributed by atoms with Gasteiger partial charge in [-0.15, -0.1) is 11.3 Å². The zero-order chi connectivity index (χ0) is 11.5. The van der Waals surface area contributed by atoms with Crippen LogP contribution in [0.25, 0.3) is 10.9 Å². The molecule has 17 heavy (non-hydrogen) atoms. The van der Waals surface area contributed by atoms with Gasteiger partial charge in [0.2, 0.25) is 0 Å². The smallest absolute Gasteiger partial charge is 0.0794 e. The van der Waals surface area contributed by atoms with E-state index in [0.717, 1.165) is 13.1 Å². The molecule has 86 valence electrons. The van der Waals surface area contributed by atoms with E-state index in [4.69, 9.17) is 0 Å². The van der Waals surface area contributed by atoms with Crippen molar-refractivity contribution in [1.82, 2.24) is 15.3 Å². The van der Waals surface area contributed by atoms with Crippen molar-refractivity contribution in [1.29, 1.82) is 0 Å². The lowest BCUT2D eigenvalue weighted by molar-refractivity contribution is 0.700. The summed E-state index contributed by atoms with van der Waals surface area (Å²) in [5, 5.41) is 4.68. The maximum absolute atomic E-state index is 4.06. The number of thiazole rings is 1. The minimum absolute atomic E-state index is 0.882. The van der Waals surface area contributed by atoms with E-state index in [-0.39, 0.29) is 0 Å². The Morgan fingerprint density at radius 2 is 2.24 bits per heavy atom. The summed E-state index contributed by atoms with van der Waals surface area (Å²) in [5.41, 5.74) is 4.36. The highest BCUT2D eigenvalue weighted by Gasteiger charge is 1.98. The van der Waals surface area contributed by atoms with Gasteiger partial charge in [0.15, 0.2) is 0 Å². The third-order valence-electron chi connectivity index (χ3n) is 2.73. The molecular weight excluding hydrogens is 230 g/mol. The number of hydrogen-bond donors (Lipinski definition) is 2. The van der Waals surface area contributed by atoms with Gasteiger partial charge in [0.05, 0.1) is 5.51 Å². The second-order valence-electron chi connectivity index (χ2n) is 3.97. The van der Waals surface area contributed by atoms with Gasteiger partial charge in [-0.2, -0.15) is 0 Å². The minimum Gasteiger partial charge on any atom is -0.361 e. The van der Waals surface area contributed by atoms with Crippen LogP contribution in [0.15, 0.2) is 42.2 Å². The van der Waals surface area contributed by atoms with E-state index >= 15 is 0 Å². The fourth-order valence-corrected chi connectivity index (χ4v) is 2.43. The van der Waals surface area contributed by atoms with Crippen molar-refractivity contribution in [3.8, 4) is 0 Å². The fourth-order valence-electron chi connectivity index (χ4n) is 1.86. The molecule has 2 aromatic heterocycles. The summed E-state index contributed by atoms with van der Waals surface area (Å²) < 4.78 is 0. The highest BCUT2D eigenvalue weighted by molar-refractivity contribution is 7.09. The zero-order valence-electron chi connectivity index (χ0n) is 9.31. The van der Waals surface area contributed by atoms with E-state index in [1.165, 1.54) is 21.3 Å². The molecule has 0 atom stereocenters. The third kappa shape index (κ3) is 2.38. The molecule has 0 saturated carbocycles. The number of aromatic amines is 1. The molecule has 3 aromatic rings. The van der Waals surface area contributed by atoms with Crippen LogP contribution in [-0.4, -0.2) is 9.97 Å². The molecule has 2 N–H and O–H groups in total. The molecule has 1 aromatic carbocycles. The van der Waals surface area contributed by atoms with Gasteiger partial charge in [0.25, 0.3) is 0 Å². The molecule has 0 bridgehead atoms. The molecule has 3 nitrogen and oxygen atoms in total. The average Bonchev–Trinajstić information content (AvgIpc) is 2.98. The molecule has 2 heterocycles. The van der Waals surface area contributed by atoms with Crippen LogP contribution in [-0.2, 0) is 13.1 Å². The summed E-state index contributed by atoms with van der Waals surface area (Å²) in [4.78, 5) is 8.55. The topological polar surface area (TPSA) is 40.7 Å². The molecule has 0 aliphatic carbocycles. The van der Waals surface area contributed by atoms with E-state index in [9.17, 15) is 0 Å². The molecule has 0 aliphatic rings. The molecular formula is C13H13N3S. The second-order valence-corrected chi connectivity index (χ2v) is 4.94. The highest BCUT2D eigenvalue weighted by atomic mass is 32.1. The Labute approximate surface area is 104 Å². The number of nitrogens with zero attached hydrogens (tertiary/aromatic N) is 1. The highest BCUT2D eigenvalue weighted by Crippen LogP contribution is 2.14. The fraction of sp³-hybridized carbons (Fsp3) is 0.154. The molecule has 0 fully saturated rings. The average molecular weight is 243 g/mol. The molecule has 0 spiro atoms. The molecule has 3 rings (SSSR count). The predicted octanol–water partition coefficient (Wildman–Crippen LogP) is 2.91. The van der Waals surface area contributed by atoms with Gasteiger partial charge in [-0.3, -0.25) is 4.98 Å². The van der Waals surface area contributed by atoms with Gasteiger partial charge in [0, 0.05) is 35.9 Å². The first-order valence-corrected chi connectivity index (χ1v) is 6.44. The van der Waals surface area contributed by atoms with Crippen molar-refractivity contribution in [3.05, 3.63) is 52.6 Å². The molecule has 0 saturated heterocycles. The van der Waals surface area contributed by atoms with Crippen molar-refractivity contribution in [2.24, 2.45) is 0 Å². The number of hydrogen-bond acceptors (Lipinski definition) is 3. The van der Waals surface area contributed by atoms with Gasteiger partial charge >= 0.3 is 0 Å². The maximum atomic E-state index is 4.06. The number of aromatic nitrogens is 2. The van der Waals surface area contributed by atoms with E-state index in [1.807, 2.05) is 17.9 Å². The van der Waals surface area contributed by atoms with Crippen LogP contribution in [0.1, 0.15) is 10.4 Å². The number of nitrogens with one attached hydrogen (secondary N) is 2. The standard InChI is InChI=1S/C13H13N3S/c1-2-11-3-4-16-13(11)5-10(1)6-14-7-12-8-15-9-17-12/h1-5,8-9,14,16H,6-7H2. The SMILES string of the molecule is c1cc2ccc(CNCc3cncs3)cc2[nH]1. The van der Waals surface area contributed by atoms with E-state index in [1.54, 1.807) is 11.3 Å². The summed E-state index contributed by atoms with van der Waals surface area (Å²) in [6, 6.07) is 8.59. The van der Waals surface area contributed by atoms with Crippen molar-refractivity contribution in [3.63, 3.8) is 0 Å². The molecule has 0 aliphatic heterocycles. The van der Waals surface area contributed by atoms with Gasteiger partial charge in [0.1, 0.15) is 0 Å². The van der Waals surface area contributed by atoms with Crippen molar-refractivity contribution >= 4 is 22.2 Å². The number of benzene rings is 1. The minimum atomic E-state index is 0.882. The van der Waals surface area contributed by atoms with E-state index in [2.05, 4.69) is 39.6 Å². The third-order valence-corrected chi connectivity index (χ3v) is 3.51. The summed E-state index contributed by atoms with van der Waals surface area (Å²) in [7, 11) is 0. The van der Waals surface area contributed by atoms with Crippen LogP contribution in [0, 0.1) is 0 Å². The molecule has 0 amide bonds. The summed E-state index contributed by atoms with van der Waals surface area (Å²) in [6.45, 7) is 1.76. The van der Waals surface area contributed by atoms with E-state index < -0.39 is 0 Å². The quantitative estimate of drug-likeness (QED) is 0.739. The van der Waals surface area contributed by atoms with Crippen LogP contribution in [0.2, 0.25) is 0 Å². The summed E-state index contributed by atoms with van der Waals surface area (Å²) >= 11 is 1.68. The number of fused-ring (bicyclic) bond motifs is 1. The Kier molecular flexibility index (Phi) is 2.90. The summed E-state index contributed by atoms with van der Waals surface area (Å²) in [5.74, 6) is 0. The maximum Gasteiger partial charge on any atom is 0.0794 e. The predicted molar refractivity (Wildman–Crippen MR) is 71.0 cm³/mol. The van der Waals surface area contributed by atoms with Crippen LogP contribution in [0.3, 0.4) is 0 Å². The van der Waals surface area contributed by atoms with Gasteiger partial charge in [-0.25, -0.2) is 0 Å². The van der Waals surface area contributed by atoms with E-state index in [0.29, 0.717) is 0 Å². The van der Waals surface area contributed by atoms with Crippen molar-refractivity contribution in [2.75, 3.05) is 0 Å². The Hall–Kier alpha value is -1.65. The normalized spacial score (nSPS) is 11.1. The first kappa shape index (κ1) is 10.5. The van der Waals surface area contributed by atoms with Crippen LogP contribution < -0.4 is 5.32 Å². The van der Waals surface area contributed by atoms with Gasteiger partial charge < -0.3 is 10.3 Å². The van der Waals surface area contributed by atoms with Crippen LogP contribution in [0.5, 0.6) is 0 Å². The summed E-state index contributed by atoms with van der Waals surface area (Å²) in [6.07, 6.45) is 3.88. The largest absolute Gasteiger partial charge is 0.361 e. The Morgan fingerprint density at radius 1 is 1.24 bits per heavy atom. The Morgan fingerprint density at radius 3 is 3.12 bits per heavy atom. The lowest BCUT2D eigenvalue weighted by atomic mass is 10.1. The zero-order valence-corrected chi connectivity index (χ0v) is 10.1. The molecule has 0 radical (unpaired) electrons. The first-order chi connectivity index (χ1) is 8.42.